The van der Waals surface area contributed by atoms with Crippen LogP contribution in [0.1, 0.15) is 0 Å². The van der Waals surface area contributed by atoms with Gasteiger partial charge in [0.1, 0.15) is 6.61 Å². The van der Waals surface area contributed by atoms with Crippen LogP contribution in [0.15, 0.2) is 0 Å². The molecule has 0 saturated heterocycles. The van der Waals surface area contributed by atoms with Gasteiger partial charge in [-0.3, -0.25) is 9.69 Å². The van der Waals surface area contributed by atoms with Crippen molar-refractivity contribution in [3.8, 4) is 0 Å². The average molecular weight is 219 g/mol. The monoisotopic (exact) mass is 219 g/mol. The SMILES string of the molecule is COCCN(CCOC)CC(=O)COC. The zero-order chi connectivity index (χ0) is 11.5. The predicted octanol–water partition coefficient (Wildman–Crippen LogP) is -0.203. The van der Waals surface area contributed by atoms with Gasteiger partial charge in [0.15, 0.2) is 5.78 Å². The van der Waals surface area contributed by atoms with Gasteiger partial charge in [0.25, 0.3) is 0 Å². The summed E-state index contributed by atoms with van der Waals surface area (Å²) in [5, 5.41) is 0. The molecule has 0 amide bonds. The van der Waals surface area contributed by atoms with Crippen molar-refractivity contribution in [1.29, 1.82) is 0 Å². The molecule has 0 aliphatic rings. The molecule has 0 bridgehead atoms. The van der Waals surface area contributed by atoms with Crippen molar-refractivity contribution in [2.24, 2.45) is 0 Å². The molecule has 0 unspecified atom stereocenters. The Morgan fingerprint density at radius 2 is 1.53 bits per heavy atom. The van der Waals surface area contributed by atoms with Gasteiger partial charge in [-0.1, -0.05) is 0 Å². The summed E-state index contributed by atoms with van der Waals surface area (Å²) in [6, 6.07) is 0. The number of methoxy groups -OCH3 is 3. The molecule has 0 rings (SSSR count). The van der Waals surface area contributed by atoms with Crippen LogP contribution >= 0.6 is 0 Å². The highest BCUT2D eigenvalue weighted by atomic mass is 16.5. The summed E-state index contributed by atoms with van der Waals surface area (Å²) < 4.78 is 14.7. The quantitative estimate of drug-likeness (QED) is 0.509. The molecule has 0 aromatic heterocycles. The van der Waals surface area contributed by atoms with E-state index in [1.165, 1.54) is 7.11 Å². The number of carbonyl (C=O) groups excluding carboxylic acids is 1. The Morgan fingerprint density at radius 1 is 1.00 bits per heavy atom. The molecule has 0 atom stereocenters. The smallest absolute Gasteiger partial charge is 0.172 e. The Kier molecular flexibility index (Phi) is 9.71. The number of rotatable bonds is 10. The van der Waals surface area contributed by atoms with Gasteiger partial charge in [-0.15, -0.1) is 0 Å². The van der Waals surface area contributed by atoms with Crippen LogP contribution in [0.25, 0.3) is 0 Å². The number of Topliss-reactive ketones (excluding diaryl/α,β-unsaturated/α-hetero) is 1. The third-order valence-electron chi connectivity index (χ3n) is 1.93. The number of nitrogens with zero attached hydrogens (tertiary/aromatic N) is 1. The molecule has 0 radical (unpaired) electrons. The van der Waals surface area contributed by atoms with Crippen LogP contribution in [-0.4, -0.2) is 71.5 Å². The summed E-state index contributed by atoms with van der Waals surface area (Å²) in [6.07, 6.45) is 0. The van der Waals surface area contributed by atoms with Crippen LogP contribution in [0, 0.1) is 0 Å². The summed E-state index contributed by atoms with van der Waals surface area (Å²) in [6.45, 7) is 3.25. The number of hydrogen-bond acceptors (Lipinski definition) is 5. The molecule has 0 aromatic rings. The van der Waals surface area contributed by atoms with Crippen LogP contribution in [0.3, 0.4) is 0 Å². The van der Waals surface area contributed by atoms with E-state index in [1.807, 2.05) is 4.90 Å². The van der Waals surface area contributed by atoms with E-state index in [-0.39, 0.29) is 12.4 Å². The van der Waals surface area contributed by atoms with Gasteiger partial charge in [-0.25, -0.2) is 0 Å². The van der Waals surface area contributed by atoms with Crippen molar-refractivity contribution in [2.75, 3.05) is 60.8 Å². The number of carbonyl (C=O) groups is 1. The Bertz CT molecular complexity index is 156. The molecule has 90 valence electrons. The second kappa shape index (κ2) is 10.0. The maximum absolute atomic E-state index is 11.3. The van der Waals surface area contributed by atoms with Gasteiger partial charge in [0, 0.05) is 34.4 Å². The summed E-state index contributed by atoms with van der Waals surface area (Å²) in [5.41, 5.74) is 0. The normalized spacial score (nSPS) is 10.9. The van der Waals surface area contributed by atoms with Gasteiger partial charge in [0.2, 0.25) is 0 Å². The molecule has 15 heavy (non-hydrogen) atoms. The van der Waals surface area contributed by atoms with Crippen molar-refractivity contribution in [3.05, 3.63) is 0 Å². The van der Waals surface area contributed by atoms with E-state index in [1.54, 1.807) is 14.2 Å². The minimum absolute atomic E-state index is 0.0738. The third kappa shape index (κ3) is 8.50. The first kappa shape index (κ1) is 14.5. The number of ether oxygens (including phenoxy) is 3. The zero-order valence-corrected chi connectivity index (χ0v) is 9.82. The fraction of sp³-hybridized carbons (Fsp3) is 0.900. The van der Waals surface area contributed by atoms with Crippen molar-refractivity contribution < 1.29 is 19.0 Å². The van der Waals surface area contributed by atoms with Gasteiger partial charge in [-0.05, 0) is 0 Å². The topological polar surface area (TPSA) is 48.0 Å². The number of hydrogen-bond donors (Lipinski definition) is 0. The summed E-state index contributed by atoms with van der Waals surface area (Å²) in [7, 11) is 4.81. The fourth-order valence-corrected chi connectivity index (χ4v) is 1.17. The van der Waals surface area contributed by atoms with E-state index in [4.69, 9.17) is 14.2 Å². The molecular formula is C10H21NO4. The van der Waals surface area contributed by atoms with Crippen LogP contribution in [0.2, 0.25) is 0 Å². The number of ketones is 1. The Balaban J connectivity index is 3.82. The molecular weight excluding hydrogens is 198 g/mol. The van der Waals surface area contributed by atoms with Crippen LogP contribution in [0.5, 0.6) is 0 Å². The zero-order valence-electron chi connectivity index (χ0n) is 9.82. The van der Waals surface area contributed by atoms with E-state index < -0.39 is 0 Å². The van der Waals surface area contributed by atoms with Gasteiger partial charge < -0.3 is 14.2 Å². The maximum Gasteiger partial charge on any atom is 0.172 e. The lowest BCUT2D eigenvalue weighted by Gasteiger charge is -2.20. The predicted molar refractivity (Wildman–Crippen MR) is 57.1 cm³/mol. The first-order valence-electron chi connectivity index (χ1n) is 4.95. The second-order valence-corrected chi connectivity index (χ2v) is 3.23. The lowest BCUT2D eigenvalue weighted by Crippen LogP contribution is -2.36. The minimum Gasteiger partial charge on any atom is -0.383 e. The van der Waals surface area contributed by atoms with Crippen molar-refractivity contribution >= 4 is 5.78 Å². The van der Waals surface area contributed by atoms with Gasteiger partial charge >= 0.3 is 0 Å². The molecule has 0 aliphatic heterocycles. The van der Waals surface area contributed by atoms with Crippen molar-refractivity contribution in [2.45, 2.75) is 0 Å². The maximum atomic E-state index is 11.3. The molecule has 0 spiro atoms. The Morgan fingerprint density at radius 3 is 1.93 bits per heavy atom. The van der Waals surface area contributed by atoms with E-state index >= 15 is 0 Å². The average Bonchev–Trinajstić information content (AvgIpc) is 2.22. The fourth-order valence-electron chi connectivity index (χ4n) is 1.17. The largest absolute Gasteiger partial charge is 0.383 e. The summed E-state index contributed by atoms with van der Waals surface area (Å²) in [4.78, 5) is 13.3. The molecule has 0 aliphatic carbocycles. The minimum atomic E-state index is 0.0738. The Hall–Kier alpha value is -0.490. The van der Waals surface area contributed by atoms with Crippen LogP contribution in [0.4, 0.5) is 0 Å². The lowest BCUT2D eigenvalue weighted by atomic mass is 10.3. The molecule has 0 aromatic carbocycles. The lowest BCUT2D eigenvalue weighted by molar-refractivity contribution is -0.124. The Labute approximate surface area is 91.3 Å². The van der Waals surface area contributed by atoms with E-state index in [9.17, 15) is 4.79 Å². The van der Waals surface area contributed by atoms with E-state index in [0.29, 0.717) is 19.8 Å². The molecule has 5 heteroatoms. The molecule has 5 nitrogen and oxygen atoms in total. The van der Waals surface area contributed by atoms with Crippen LogP contribution < -0.4 is 0 Å². The van der Waals surface area contributed by atoms with Crippen molar-refractivity contribution in [3.63, 3.8) is 0 Å². The van der Waals surface area contributed by atoms with Crippen LogP contribution in [-0.2, 0) is 19.0 Å². The van der Waals surface area contributed by atoms with Gasteiger partial charge in [-0.2, -0.15) is 0 Å². The van der Waals surface area contributed by atoms with E-state index in [2.05, 4.69) is 0 Å². The summed E-state index contributed by atoms with van der Waals surface area (Å²) in [5.74, 6) is 0.0738. The van der Waals surface area contributed by atoms with Crippen molar-refractivity contribution in [1.82, 2.24) is 4.90 Å². The highest BCUT2D eigenvalue weighted by Gasteiger charge is 2.09. The summed E-state index contributed by atoms with van der Waals surface area (Å²) >= 11 is 0. The van der Waals surface area contributed by atoms with Gasteiger partial charge in [0.05, 0.1) is 19.8 Å². The molecule has 0 saturated carbocycles. The first-order chi connectivity index (χ1) is 7.24. The highest BCUT2D eigenvalue weighted by molar-refractivity contribution is 5.81. The first-order valence-corrected chi connectivity index (χ1v) is 4.95. The second-order valence-electron chi connectivity index (χ2n) is 3.23. The molecule has 0 fully saturated rings. The molecule has 0 heterocycles. The van der Waals surface area contributed by atoms with E-state index in [0.717, 1.165) is 13.1 Å². The standard InChI is InChI=1S/C10H21NO4/c1-13-6-4-11(5-7-14-2)8-10(12)9-15-3/h4-9H2,1-3H3. The molecule has 0 N–H and O–H groups in total. The highest BCUT2D eigenvalue weighted by Crippen LogP contribution is 1.90. The third-order valence-corrected chi connectivity index (χ3v) is 1.93.